The minimum Gasteiger partial charge on any atom is -0.493 e. The third kappa shape index (κ3) is 5.96. The number of allylic oxidation sites excluding steroid dienone is 1. The molecule has 0 aromatic heterocycles. The van der Waals surface area contributed by atoms with Crippen molar-refractivity contribution in [1.82, 2.24) is 10.2 Å². The number of rotatable bonds is 8. The molecule has 3 heterocycles. The summed E-state index contributed by atoms with van der Waals surface area (Å²) in [5.74, 6) is 0.452. The minimum atomic E-state index is -0.696. The summed E-state index contributed by atoms with van der Waals surface area (Å²) in [6.07, 6.45) is 2.14. The molecule has 1 fully saturated rings. The predicted molar refractivity (Wildman–Crippen MR) is 142 cm³/mol. The van der Waals surface area contributed by atoms with Crippen LogP contribution in [0.2, 0.25) is 0 Å². The van der Waals surface area contributed by atoms with Crippen molar-refractivity contribution in [1.29, 1.82) is 0 Å². The van der Waals surface area contributed by atoms with Crippen LogP contribution in [-0.2, 0) is 19.1 Å². The summed E-state index contributed by atoms with van der Waals surface area (Å²) in [6, 6.07) is 4.92. The molecule has 0 bridgehead atoms. The molecule has 4 rings (SSSR count). The number of methoxy groups -OCH3 is 2. The number of hydrogen-bond acceptors (Lipinski definition) is 9. The summed E-state index contributed by atoms with van der Waals surface area (Å²) in [6.45, 7) is 8.50. The van der Waals surface area contributed by atoms with Gasteiger partial charge in [0.1, 0.15) is 5.60 Å². The van der Waals surface area contributed by atoms with Gasteiger partial charge < -0.3 is 29.2 Å². The first-order valence-corrected chi connectivity index (χ1v) is 13.3. The molecule has 1 aromatic rings. The zero-order valence-corrected chi connectivity index (χ0v) is 23.1. The zero-order valence-electron chi connectivity index (χ0n) is 22.3. The Labute approximate surface area is 222 Å². The molecule has 37 heavy (non-hydrogen) atoms. The van der Waals surface area contributed by atoms with Gasteiger partial charge in [0.2, 0.25) is 5.91 Å². The maximum atomic E-state index is 13.6. The van der Waals surface area contributed by atoms with E-state index in [1.54, 1.807) is 27.2 Å². The van der Waals surface area contributed by atoms with E-state index >= 15 is 0 Å². The average Bonchev–Trinajstić information content (AvgIpc) is 3.50. The van der Waals surface area contributed by atoms with Gasteiger partial charge in [0.15, 0.2) is 16.7 Å². The summed E-state index contributed by atoms with van der Waals surface area (Å²) in [5, 5.41) is 5.58. The number of fused-ring (bicyclic) bond motifs is 1. The van der Waals surface area contributed by atoms with E-state index in [0.717, 1.165) is 25.1 Å². The molecule has 2 atom stereocenters. The molecule has 1 amide bonds. The summed E-state index contributed by atoms with van der Waals surface area (Å²) in [5.41, 5.74) is 1.69. The quantitative estimate of drug-likeness (QED) is 0.498. The third-order valence-corrected chi connectivity index (χ3v) is 7.13. The number of aliphatic imine (C=N–C) groups is 1. The van der Waals surface area contributed by atoms with Crippen LogP contribution in [0.5, 0.6) is 11.5 Å². The van der Waals surface area contributed by atoms with Gasteiger partial charge >= 0.3 is 5.97 Å². The Hall–Kier alpha value is -2.98. The van der Waals surface area contributed by atoms with Crippen LogP contribution < -0.4 is 14.8 Å². The maximum absolute atomic E-state index is 13.6. The topological polar surface area (TPSA) is 98.7 Å². The van der Waals surface area contributed by atoms with Crippen molar-refractivity contribution in [3.63, 3.8) is 0 Å². The summed E-state index contributed by atoms with van der Waals surface area (Å²) < 4.78 is 22.7. The van der Waals surface area contributed by atoms with Crippen LogP contribution in [-0.4, -0.2) is 61.0 Å². The predicted octanol–water partition coefficient (Wildman–Crippen LogP) is 4.31. The number of esters is 1. The van der Waals surface area contributed by atoms with Crippen molar-refractivity contribution < 1.29 is 28.5 Å². The zero-order chi connectivity index (χ0) is 26.7. The molecule has 3 aliphatic rings. The van der Waals surface area contributed by atoms with E-state index in [-0.39, 0.29) is 18.4 Å². The number of para-hydroxylation sites is 1. The lowest BCUT2D eigenvalue weighted by Gasteiger charge is -2.37. The first-order valence-electron chi connectivity index (χ1n) is 12.4. The van der Waals surface area contributed by atoms with Gasteiger partial charge in [0.25, 0.3) is 0 Å². The van der Waals surface area contributed by atoms with Crippen LogP contribution in [0.15, 0.2) is 45.6 Å². The van der Waals surface area contributed by atoms with Crippen molar-refractivity contribution in [3.05, 3.63) is 46.1 Å². The number of nitrogens with zero attached hydrogens (tertiary/aromatic N) is 2. The van der Waals surface area contributed by atoms with Gasteiger partial charge in [-0.05, 0) is 52.0 Å². The summed E-state index contributed by atoms with van der Waals surface area (Å²) in [4.78, 5) is 33.2. The lowest BCUT2D eigenvalue weighted by atomic mass is 9.92. The lowest BCUT2D eigenvalue weighted by molar-refractivity contribution is -0.150. The molecule has 200 valence electrons. The van der Waals surface area contributed by atoms with Crippen molar-refractivity contribution in [2.45, 2.75) is 64.7 Å². The molecule has 0 unspecified atom stereocenters. The van der Waals surface area contributed by atoms with E-state index in [4.69, 9.17) is 23.9 Å². The first kappa shape index (κ1) is 27.1. The standard InChI is InChI=1S/C27H35N3O6S/c1-16-22(25(32)36-27(2,3)4)23(19-10-7-11-20(33-5)24(19)34-6)30-17(15-37-26(30)29-16)13-21(31)28-14-18-9-8-12-35-18/h7,10-11,15,18,23H,8-9,12-14H2,1-6H3,(H,28,31)/t18-,23-/m0/s1. The van der Waals surface area contributed by atoms with E-state index in [1.165, 1.54) is 11.8 Å². The Bertz CT molecular complexity index is 1150. The second kappa shape index (κ2) is 11.2. The monoisotopic (exact) mass is 529 g/mol. The first-order chi connectivity index (χ1) is 17.6. The van der Waals surface area contributed by atoms with Crippen molar-refractivity contribution >= 4 is 28.8 Å². The Kier molecular flexibility index (Phi) is 8.18. The van der Waals surface area contributed by atoms with Crippen LogP contribution in [0.4, 0.5) is 0 Å². The molecule has 1 aromatic carbocycles. The van der Waals surface area contributed by atoms with Gasteiger partial charge in [0.05, 0.1) is 44.1 Å². The van der Waals surface area contributed by atoms with Gasteiger partial charge in [-0.25, -0.2) is 9.79 Å². The Balaban J connectivity index is 1.71. The largest absolute Gasteiger partial charge is 0.493 e. The Morgan fingerprint density at radius 1 is 1.24 bits per heavy atom. The normalized spacial score (nSPS) is 21.3. The van der Waals surface area contributed by atoms with Crippen LogP contribution in [0, 0.1) is 0 Å². The summed E-state index contributed by atoms with van der Waals surface area (Å²) >= 11 is 1.42. The van der Waals surface area contributed by atoms with Crippen molar-refractivity contribution in [2.24, 2.45) is 4.99 Å². The number of amides is 1. The van der Waals surface area contributed by atoms with Crippen LogP contribution in [0.3, 0.4) is 0 Å². The third-order valence-electron chi connectivity index (χ3n) is 6.24. The van der Waals surface area contributed by atoms with E-state index < -0.39 is 17.6 Å². The van der Waals surface area contributed by atoms with Gasteiger partial charge in [0, 0.05) is 24.4 Å². The van der Waals surface area contributed by atoms with Gasteiger partial charge in [-0.15, -0.1) is 0 Å². The molecule has 9 nitrogen and oxygen atoms in total. The molecule has 0 aliphatic carbocycles. The number of benzene rings is 1. The van der Waals surface area contributed by atoms with Gasteiger partial charge in [-0.2, -0.15) is 0 Å². The SMILES string of the molecule is COc1cccc([C@H]2C(C(=O)OC(C)(C)C)=C(C)N=C3SC=C(CC(=O)NC[C@@H]4CCCO4)N32)c1OC. The smallest absolute Gasteiger partial charge is 0.338 e. The number of hydrogen-bond donors (Lipinski definition) is 1. The minimum absolute atomic E-state index is 0.0566. The average molecular weight is 530 g/mol. The molecular weight excluding hydrogens is 494 g/mol. The molecule has 0 spiro atoms. The summed E-state index contributed by atoms with van der Waals surface area (Å²) in [7, 11) is 3.14. The molecule has 1 saturated heterocycles. The highest BCUT2D eigenvalue weighted by atomic mass is 32.2. The molecule has 10 heteroatoms. The Morgan fingerprint density at radius 2 is 2.03 bits per heavy atom. The maximum Gasteiger partial charge on any atom is 0.338 e. The van der Waals surface area contributed by atoms with E-state index in [2.05, 4.69) is 5.32 Å². The van der Waals surface area contributed by atoms with Crippen LogP contribution >= 0.6 is 11.8 Å². The molecule has 3 aliphatic heterocycles. The van der Waals surface area contributed by atoms with E-state index in [0.29, 0.717) is 40.0 Å². The molecule has 0 radical (unpaired) electrons. The van der Waals surface area contributed by atoms with Crippen molar-refractivity contribution in [3.8, 4) is 11.5 Å². The number of ether oxygens (including phenoxy) is 4. The van der Waals surface area contributed by atoms with Gasteiger partial charge in [-0.1, -0.05) is 23.9 Å². The lowest BCUT2D eigenvalue weighted by Crippen LogP contribution is -2.40. The Morgan fingerprint density at radius 3 is 2.68 bits per heavy atom. The number of nitrogens with one attached hydrogen (secondary N) is 1. The molecule has 1 N–H and O–H groups in total. The van der Waals surface area contributed by atoms with E-state index in [1.807, 2.05) is 43.2 Å². The number of thioether (sulfide) groups is 1. The second-order valence-electron chi connectivity index (χ2n) is 10.1. The molecular formula is C27H35N3O6S. The number of amidine groups is 1. The molecule has 0 saturated carbocycles. The van der Waals surface area contributed by atoms with Crippen LogP contribution in [0.1, 0.15) is 58.6 Å². The highest BCUT2D eigenvalue weighted by molar-refractivity contribution is 8.16. The second-order valence-corrected chi connectivity index (χ2v) is 10.9. The van der Waals surface area contributed by atoms with E-state index in [9.17, 15) is 9.59 Å². The number of carbonyl (C=O) groups is 2. The highest BCUT2D eigenvalue weighted by Crippen LogP contribution is 2.48. The fraction of sp³-hybridized carbons (Fsp3) is 0.519. The fourth-order valence-electron chi connectivity index (χ4n) is 4.65. The highest BCUT2D eigenvalue weighted by Gasteiger charge is 2.43. The van der Waals surface area contributed by atoms with Crippen molar-refractivity contribution in [2.75, 3.05) is 27.4 Å². The number of carbonyl (C=O) groups excluding carboxylic acids is 2. The van der Waals surface area contributed by atoms with Crippen LogP contribution in [0.25, 0.3) is 0 Å². The fourth-order valence-corrected chi connectivity index (χ4v) is 5.61. The van der Waals surface area contributed by atoms with Gasteiger partial charge in [-0.3, -0.25) is 4.79 Å².